The highest BCUT2D eigenvalue weighted by atomic mass is 16.2. The number of hydrogen-bond donors (Lipinski definition) is 1. The number of hydrogen-bond acceptors (Lipinski definition) is 4. The molecule has 1 fully saturated rings. The van der Waals surface area contributed by atoms with Gasteiger partial charge in [-0.05, 0) is 18.9 Å². The first kappa shape index (κ1) is 12.0. The van der Waals surface area contributed by atoms with Crippen LogP contribution in [-0.2, 0) is 11.3 Å². The van der Waals surface area contributed by atoms with E-state index in [-0.39, 0.29) is 5.91 Å². The number of aromatic nitrogens is 2. The lowest BCUT2D eigenvalue weighted by Gasteiger charge is -2.14. The zero-order chi connectivity index (χ0) is 11.9. The Morgan fingerprint density at radius 1 is 1.29 bits per heavy atom. The van der Waals surface area contributed by atoms with E-state index < -0.39 is 0 Å². The van der Waals surface area contributed by atoms with Gasteiger partial charge < -0.3 is 10.2 Å². The normalized spacial score (nSPS) is 15.2. The molecule has 5 nitrogen and oxygen atoms in total. The summed E-state index contributed by atoms with van der Waals surface area (Å²) in [5.74, 6) is 1.02. The third kappa shape index (κ3) is 3.78. The molecule has 0 saturated carbocycles. The molecule has 2 rings (SSSR count). The molecule has 0 spiro atoms. The summed E-state index contributed by atoms with van der Waals surface area (Å²) in [7, 11) is 0. The van der Waals surface area contributed by atoms with Crippen LogP contribution in [0.15, 0.2) is 18.5 Å². The van der Waals surface area contributed by atoms with Gasteiger partial charge in [-0.3, -0.25) is 4.79 Å². The zero-order valence-corrected chi connectivity index (χ0v) is 9.93. The predicted octanol–water partition coefficient (Wildman–Crippen LogP) is 0.579. The topological polar surface area (TPSA) is 58.1 Å². The van der Waals surface area contributed by atoms with Crippen molar-refractivity contribution >= 4 is 5.91 Å². The molecule has 2 heterocycles. The Balaban J connectivity index is 1.61. The average molecular weight is 234 g/mol. The first-order valence-corrected chi connectivity index (χ1v) is 6.10. The molecule has 1 saturated heterocycles. The minimum atomic E-state index is 0.254. The molecule has 1 amide bonds. The van der Waals surface area contributed by atoms with Crippen molar-refractivity contribution in [3.8, 4) is 0 Å². The lowest BCUT2D eigenvalue weighted by atomic mass is 10.3. The molecule has 1 aliphatic rings. The van der Waals surface area contributed by atoms with Crippen molar-refractivity contribution in [2.45, 2.75) is 25.8 Å². The summed E-state index contributed by atoms with van der Waals surface area (Å²) in [4.78, 5) is 21.9. The van der Waals surface area contributed by atoms with E-state index >= 15 is 0 Å². The lowest BCUT2D eigenvalue weighted by molar-refractivity contribution is -0.130. The molecule has 1 aromatic rings. The van der Waals surface area contributed by atoms with Crippen LogP contribution in [0, 0.1) is 0 Å². The van der Waals surface area contributed by atoms with Crippen molar-refractivity contribution in [1.29, 1.82) is 0 Å². The van der Waals surface area contributed by atoms with Crippen LogP contribution in [0.1, 0.15) is 25.1 Å². The Labute approximate surface area is 101 Å². The average Bonchev–Trinajstić information content (AvgIpc) is 2.89. The van der Waals surface area contributed by atoms with Crippen LogP contribution in [0.25, 0.3) is 0 Å². The van der Waals surface area contributed by atoms with Gasteiger partial charge in [0.25, 0.3) is 0 Å². The van der Waals surface area contributed by atoms with E-state index in [1.165, 1.54) is 0 Å². The highest BCUT2D eigenvalue weighted by Gasteiger charge is 2.16. The second-order valence-electron chi connectivity index (χ2n) is 4.18. The van der Waals surface area contributed by atoms with Gasteiger partial charge in [0.2, 0.25) is 5.91 Å². The number of carbonyl (C=O) groups excluding carboxylic acids is 1. The number of nitrogens with one attached hydrogen (secondary N) is 1. The molecule has 1 aromatic heterocycles. The Hall–Kier alpha value is -1.49. The van der Waals surface area contributed by atoms with Crippen molar-refractivity contribution in [1.82, 2.24) is 20.2 Å². The highest BCUT2D eigenvalue weighted by molar-refractivity contribution is 5.76. The molecule has 1 N–H and O–H groups in total. The molecule has 0 atom stereocenters. The molecule has 0 aliphatic carbocycles. The Kier molecular flexibility index (Phi) is 4.44. The van der Waals surface area contributed by atoms with E-state index in [1.807, 2.05) is 4.90 Å². The Bertz CT molecular complexity index is 349. The predicted molar refractivity (Wildman–Crippen MR) is 64.2 cm³/mol. The summed E-state index contributed by atoms with van der Waals surface area (Å²) in [5, 5.41) is 3.18. The van der Waals surface area contributed by atoms with Crippen LogP contribution in [-0.4, -0.2) is 40.4 Å². The molecule has 0 aromatic carbocycles. The molecule has 1 aliphatic heterocycles. The fourth-order valence-corrected chi connectivity index (χ4v) is 1.94. The van der Waals surface area contributed by atoms with Crippen LogP contribution < -0.4 is 5.32 Å². The molecular weight excluding hydrogens is 216 g/mol. The number of nitrogens with zero attached hydrogens (tertiary/aromatic N) is 3. The van der Waals surface area contributed by atoms with Crippen LogP contribution in [0.3, 0.4) is 0 Å². The highest BCUT2D eigenvalue weighted by Crippen LogP contribution is 2.08. The molecule has 5 heteroatoms. The van der Waals surface area contributed by atoms with Gasteiger partial charge >= 0.3 is 0 Å². The maximum Gasteiger partial charge on any atom is 0.223 e. The van der Waals surface area contributed by atoms with E-state index in [2.05, 4.69) is 15.3 Å². The minimum absolute atomic E-state index is 0.254. The monoisotopic (exact) mass is 234 g/mol. The number of amides is 1. The van der Waals surface area contributed by atoms with E-state index in [1.54, 1.807) is 18.5 Å². The lowest BCUT2D eigenvalue weighted by Crippen LogP contribution is -2.30. The molecule has 92 valence electrons. The van der Waals surface area contributed by atoms with Crippen molar-refractivity contribution < 1.29 is 4.79 Å². The summed E-state index contributed by atoms with van der Waals surface area (Å²) in [6.07, 6.45) is 6.31. The van der Waals surface area contributed by atoms with Crippen LogP contribution >= 0.6 is 0 Å². The van der Waals surface area contributed by atoms with E-state index in [9.17, 15) is 4.79 Å². The minimum Gasteiger partial charge on any atom is -0.343 e. The first-order chi connectivity index (χ1) is 8.36. The molecule has 0 unspecified atom stereocenters. The van der Waals surface area contributed by atoms with Gasteiger partial charge in [0.15, 0.2) is 0 Å². The Morgan fingerprint density at radius 3 is 2.71 bits per heavy atom. The molecule has 0 radical (unpaired) electrons. The fraction of sp³-hybridized carbons (Fsp3) is 0.583. The van der Waals surface area contributed by atoms with Gasteiger partial charge in [-0.2, -0.15) is 0 Å². The SMILES string of the molecule is O=C(CCNCc1ncccn1)N1CCCC1. The smallest absolute Gasteiger partial charge is 0.223 e. The van der Waals surface area contributed by atoms with Crippen LogP contribution in [0.4, 0.5) is 0 Å². The van der Waals surface area contributed by atoms with Crippen LogP contribution in [0.2, 0.25) is 0 Å². The third-order valence-electron chi connectivity index (χ3n) is 2.88. The molecular formula is C12H18N4O. The summed E-state index contributed by atoms with van der Waals surface area (Å²) >= 11 is 0. The van der Waals surface area contributed by atoms with E-state index in [0.29, 0.717) is 19.5 Å². The largest absolute Gasteiger partial charge is 0.343 e. The van der Waals surface area contributed by atoms with Gasteiger partial charge in [0.1, 0.15) is 5.82 Å². The summed E-state index contributed by atoms with van der Waals surface area (Å²) in [6.45, 7) is 3.17. The van der Waals surface area contributed by atoms with Gasteiger partial charge in [0.05, 0.1) is 6.54 Å². The maximum absolute atomic E-state index is 11.7. The number of likely N-dealkylation sites (tertiary alicyclic amines) is 1. The van der Waals surface area contributed by atoms with Crippen molar-refractivity contribution in [3.63, 3.8) is 0 Å². The van der Waals surface area contributed by atoms with Gasteiger partial charge in [-0.15, -0.1) is 0 Å². The third-order valence-corrected chi connectivity index (χ3v) is 2.88. The zero-order valence-electron chi connectivity index (χ0n) is 9.93. The summed E-state index contributed by atoms with van der Waals surface area (Å²) < 4.78 is 0. The van der Waals surface area contributed by atoms with Gasteiger partial charge in [0, 0.05) is 38.4 Å². The second-order valence-corrected chi connectivity index (χ2v) is 4.18. The standard InChI is InChI=1S/C12H18N4O/c17-12(16-8-1-2-9-16)4-7-13-10-11-14-5-3-6-15-11/h3,5-6,13H,1-2,4,7-10H2. The number of rotatable bonds is 5. The summed E-state index contributed by atoms with van der Waals surface area (Å²) in [6, 6.07) is 1.79. The summed E-state index contributed by atoms with van der Waals surface area (Å²) in [5.41, 5.74) is 0. The van der Waals surface area contributed by atoms with Crippen molar-refractivity contribution in [3.05, 3.63) is 24.3 Å². The van der Waals surface area contributed by atoms with E-state index in [0.717, 1.165) is 31.8 Å². The van der Waals surface area contributed by atoms with E-state index in [4.69, 9.17) is 0 Å². The first-order valence-electron chi connectivity index (χ1n) is 6.10. The van der Waals surface area contributed by atoms with Gasteiger partial charge in [-0.1, -0.05) is 0 Å². The fourth-order valence-electron chi connectivity index (χ4n) is 1.94. The van der Waals surface area contributed by atoms with Crippen molar-refractivity contribution in [2.24, 2.45) is 0 Å². The maximum atomic E-state index is 11.7. The number of carbonyl (C=O) groups is 1. The quantitative estimate of drug-likeness (QED) is 0.757. The molecule has 17 heavy (non-hydrogen) atoms. The Morgan fingerprint density at radius 2 is 2.00 bits per heavy atom. The van der Waals surface area contributed by atoms with Crippen LogP contribution in [0.5, 0.6) is 0 Å². The van der Waals surface area contributed by atoms with Crippen molar-refractivity contribution in [2.75, 3.05) is 19.6 Å². The second kappa shape index (κ2) is 6.30. The molecule has 0 bridgehead atoms. The van der Waals surface area contributed by atoms with Gasteiger partial charge in [-0.25, -0.2) is 9.97 Å².